The molecule has 1 fully saturated rings. The van der Waals surface area contributed by atoms with Crippen LogP contribution in [0.25, 0.3) is 0 Å². The molecule has 2 unspecified atom stereocenters. The average molecular weight is 320 g/mol. The monoisotopic (exact) mass is 320 g/mol. The molecule has 1 aliphatic heterocycles. The Morgan fingerprint density at radius 1 is 1.38 bits per heavy atom. The van der Waals surface area contributed by atoms with Crippen LogP contribution in [0.2, 0.25) is 0 Å². The summed E-state index contributed by atoms with van der Waals surface area (Å²) >= 11 is 0. The van der Waals surface area contributed by atoms with Gasteiger partial charge in [0.1, 0.15) is 12.1 Å². The zero-order chi connectivity index (χ0) is 16.0. The number of hydrogen-bond acceptors (Lipinski definition) is 4. The van der Waals surface area contributed by atoms with Gasteiger partial charge in [-0.2, -0.15) is 4.31 Å². The van der Waals surface area contributed by atoms with Crippen molar-refractivity contribution in [2.45, 2.75) is 58.0 Å². The minimum absolute atomic E-state index is 0.0312. The molecule has 1 heterocycles. The first kappa shape index (κ1) is 17.9. The Bertz CT molecular complexity index is 477. The number of unbranched alkanes of at least 4 members (excludes halogenated alkanes) is 1. The molecule has 0 aromatic rings. The zero-order valence-corrected chi connectivity index (χ0v) is 13.4. The molecule has 2 N–H and O–H groups in total. The van der Waals surface area contributed by atoms with Crippen LogP contribution < -0.4 is 5.32 Å². The molecule has 0 aromatic heterocycles. The normalized spacial score (nSPS) is 21.1. The molecule has 1 rings (SSSR count). The highest BCUT2D eigenvalue weighted by Crippen LogP contribution is 2.22. The predicted octanol–water partition coefficient (Wildman–Crippen LogP) is 0.560. The molecule has 1 saturated heterocycles. The third-order valence-electron chi connectivity index (χ3n) is 3.64. The molecular formula is C13H24N2O5S. The van der Waals surface area contributed by atoms with E-state index >= 15 is 0 Å². The number of sulfonamides is 1. The van der Waals surface area contributed by atoms with Gasteiger partial charge in [0, 0.05) is 6.54 Å². The largest absolute Gasteiger partial charge is 0.480 e. The van der Waals surface area contributed by atoms with Crippen LogP contribution in [0.5, 0.6) is 0 Å². The van der Waals surface area contributed by atoms with E-state index in [9.17, 15) is 18.0 Å². The van der Waals surface area contributed by atoms with Gasteiger partial charge in [0.05, 0.1) is 5.75 Å². The second kappa shape index (κ2) is 7.74. The topological polar surface area (TPSA) is 104 Å². The number of nitrogens with one attached hydrogen (secondary N) is 1. The lowest BCUT2D eigenvalue weighted by Crippen LogP contribution is -2.51. The standard InChI is InChI=1S/C13H24N2O5S/c1-3-5-9-21(19,20)15-8-6-7-11(15)12(16)14-10(4-2)13(17)18/h10-11H,3-9H2,1-2H3,(H,14,16)(H,17,18). The Balaban J connectivity index is 2.77. The van der Waals surface area contributed by atoms with E-state index in [4.69, 9.17) is 5.11 Å². The molecule has 0 radical (unpaired) electrons. The maximum absolute atomic E-state index is 12.2. The summed E-state index contributed by atoms with van der Waals surface area (Å²) in [5, 5.41) is 11.4. The van der Waals surface area contributed by atoms with E-state index in [0.717, 1.165) is 6.42 Å². The first-order chi connectivity index (χ1) is 9.83. The van der Waals surface area contributed by atoms with Crippen molar-refractivity contribution in [1.82, 2.24) is 9.62 Å². The lowest BCUT2D eigenvalue weighted by atomic mass is 10.2. The van der Waals surface area contributed by atoms with Gasteiger partial charge in [-0.25, -0.2) is 13.2 Å². The molecule has 122 valence electrons. The van der Waals surface area contributed by atoms with Crippen molar-refractivity contribution in [2.75, 3.05) is 12.3 Å². The Morgan fingerprint density at radius 2 is 2.05 bits per heavy atom. The predicted molar refractivity (Wildman–Crippen MR) is 78.3 cm³/mol. The van der Waals surface area contributed by atoms with Gasteiger partial charge < -0.3 is 10.4 Å². The summed E-state index contributed by atoms with van der Waals surface area (Å²) in [6.07, 6.45) is 2.64. The fourth-order valence-corrected chi connectivity index (χ4v) is 4.27. The van der Waals surface area contributed by atoms with Gasteiger partial charge in [0.2, 0.25) is 15.9 Å². The second-order valence-corrected chi connectivity index (χ2v) is 7.29. The van der Waals surface area contributed by atoms with Crippen LogP contribution in [0, 0.1) is 0 Å². The van der Waals surface area contributed by atoms with E-state index < -0.39 is 34.0 Å². The van der Waals surface area contributed by atoms with Crippen LogP contribution >= 0.6 is 0 Å². The van der Waals surface area contributed by atoms with E-state index in [1.165, 1.54) is 4.31 Å². The molecule has 0 aromatic carbocycles. The van der Waals surface area contributed by atoms with Gasteiger partial charge >= 0.3 is 5.97 Å². The molecular weight excluding hydrogens is 296 g/mol. The maximum Gasteiger partial charge on any atom is 0.326 e. The number of rotatable bonds is 8. The SMILES string of the molecule is CCCCS(=O)(=O)N1CCCC1C(=O)NC(CC)C(=O)O. The molecule has 1 aliphatic rings. The summed E-state index contributed by atoms with van der Waals surface area (Å²) in [7, 11) is -3.45. The third-order valence-corrected chi connectivity index (χ3v) is 5.60. The Hall–Kier alpha value is -1.15. The number of nitrogens with zero attached hydrogens (tertiary/aromatic N) is 1. The number of carbonyl (C=O) groups is 2. The maximum atomic E-state index is 12.2. The van der Waals surface area contributed by atoms with Crippen LogP contribution in [0.15, 0.2) is 0 Å². The van der Waals surface area contributed by atoms with Gasteiger partial charge in [-0.05, 0) is 25.7 Å². The lowest BCUT2D eigenvalue weighted by molar-refractivity contribution is -0.142. The lowest BCUT2D eigenvalue weighted by Gasteiger charge is -2.24. The molecule has 1 amide bonds. The van der Waals surface area contributed by atoms with Crippen molar-refractivity contribution >= 4 is 21.9 Å². The van der Waals surface area contributed by atoms with Crippen LogP contribution in [0.1, 0.15) is 46.0 Å². The number of carbonyl (C=O) groups excluding carboxylic acids is 1. The van der Waals surface area contributed by atoms with Crippen molar-refractivity contribution in [3.05, 3.63) is 0 Å². The van der Waals surface area contributed by atoms with Crippen molar-refractivity contribution < 1.29 is 23.1 Å². The van der Waals surface area contributed by atoms with Crippen molar-refractivity contribution in [3.63, 3.8) is 0 Å². The molecule has 21 heavy (non-hydrogen) atoms. The molecule has 8 heteroatoms. The van der Waals surface area contributed by atoms with E-state index in [-0.39, 0.29) is 12.2 Å². The Kier molecular flexibility index (Phi) is 6.60. The quantitative estimate of drug-likeness (QED) is 0.680. The Morgan fingerprint density at radius 3 is 2.57 bits per heavy atom. The fraction of sp³-hybridized carbons (Fsp3) is 0.846. The number of hydrogen-bond donors (Lipinski definition) is 2. The highest BCUT2D eigenvalue weighted by atomic mass is 32.2. The Labute approximate surface area is 125 Å². The summed E-state index contributed by atoms with van der Waals surface area (Å²) in [6.45, 7) is 3.89. The summed E-state index contributed by atoms with van der Waals surface area (Å²) in [4.78, 5) is 23.1. The minimum Gasteiger partial charge on any atom is -0.480 e. The van der Waals surface area contributed by atoms with Crippen LogP contribution in [-0.2, 0) is 19.6 Å². The van der Waals surface area contributed by atoms with Crippen molar-refractivity contribution in [1.29, 1.82) is 0 Å². The summed E-state index contributed by atoms with van der Waals surface area (Å²) in [5.41, 5.74) is 0. The number of carboxylic acid groups (broad SMARTS) is 1. The first-order valence-corrected chi connectivity index (χ1v) is 8.97. The van der Waals surface area contributed by atoms with Gasteiger partial charge in [-0.1, -0.05) is 20.3 Å². The zero-order valence-electron chi connectivity index (χ0n) is 12.5. The molecule has 0 spiro atoms. The molecule has 0 aliphatic carbocycles. The van der Waals surface area contributed by atoms with Gasteiger partial charge in [0.25, 0.3) is 0 Å². The smallest absolute Gasteiger partial charge is 0.326 e. The highest BCUT2D eigenvalue weighted by Gasteiger charge is 2.39. The molecule has 2 atom stereocenters. The van der Waals surface area contributed by atoms with Crippen molar-refractivity contribution in [2.24, 2.45) is 0 Å². The summed E-state index contributed by atoms with van der Waals surface area (Å²) < 4.78 is 25.7. The van der Waals surface area contributed by atoms with Gasteiger partial charge in [0.15, 0.2) is 0 Å². The number of carboxylic acids is 1. The van der Waals surface area contributed by atoms with E-state index in [1.807, 2.05) is 6.92 Å². The first-order valence-electron chi connectivity index (χ1n) is 7.36. The van der Waals surface area contributed by atoms with Crippen LogP contribution in [0.4, 0.5) is 0 Å². The van der Waals surface area contributed by atoms with Gasteiger partial charge in [-0.15, -0.1) is 0 Å². The van der Waals surface area contributed by atoms with E-state index in [0.29, 0.717) is 25.8 Å². The van der Waals surface area contributed by atoms with Crippen molar-refractivity contribution in [3.8, 4) is 0 Å². The summed E-state index contributed by atoms with van der Waals surface area (Å²) in [5.74, 6) is -1.59. The van der Waals surface area contributed by atoms with Gasteiger partial charge in [-0.3, -0.25) is 4.79 Å². The number of amides is 1. The van der Waals surface area contributed by atoms with Crippen LogP contribution in [-0.4, -0.2) is 54.1 Å². The number of aliphatic carboxylic acids is 1. The fourth-order valence-electron chi connectivity index (χ4n) is 2.39. The molecule has 0 saturated carbocycles. The minimum atomic E-state index is -3.45. The second-order valence-electron chi connectivity index (χ2n) is 5.25. The summed E-state index contributed by atoms with van der Waals surface area (Å²) in [6, 6.07) is -1.75. The van der Waals surface area contributed by atoms with E-state index in [1.54, 1.807) is 6.92 Å². The molecule has 0 bridgehead atoms. The third kappa shape index (κ3) is 4.67. The molecule has 7 nitrogen and oxygen atoms in total. The van der Waals surface area contributed by atoms with Crippen LogP contribution in [0.3, 0.4) is 0 Å². The average Bonchev–Trinajstić information content (AvgIpc) is 2.92. The highest BCUT2D eigenvalue weighted by molar-refractivity contribution is 7.89. The van der Waals surface area contributed by atoms with E-state index in [2.05, 4.69) is 5.32 Å².